The molecule has 1 heterocycles. The number of hydrogen-bond donors (Lipinski definition) is 1. The minimum atomic E-state index is -0.301. The fourth-order valence-electron chi connectivity index (χ4n) is 1.97. The van der Waals surface area contributed by atoms with Crippen LogP contribution in [0.2, 0.25) is 0 Å². The summed E-state index contributed by atoms with van der Waals surface area (Å²) in [6.45, 7) is 1.15. The number of esters is 1. The molecule has 1 N–H and O–H groups in total. The highest BCUT2D eigenvalue weighted by Gasteiger charge is 2.30. The van der Waals surface area contributed by atoms with Crippen molar-refractivity contribution < 1.29 is 14.3 Å². The number of terminal acetylenes is 1. The van der Waals surface area contributed by atoms with Gasteiger partial charge in [-0.2, -0.15) is 0 Å². The molecule has 1 atom stereocenters. The van der Waals surface area contributed by atoms with Crippen molar-refractivity contribution in [1.29, 1.82) is 0 Å². The number of nitrogens with one attached hydrogen (secondary N) is 1. The summed E-state index contributed by atoms with van der Waals surface area (Å²) in [5, 5.41) is 2.59. The number of rotatable bonds is 4. The molecule has 5 heteroatoms. The molecule has 94 valence electrons. The van der Waals surface area contributed by atoms with Crippen LogP contribution in [0.4, 0.5) is 0 Å². The van der Waals surface area contributed by atoms with Gasteiger partial charge in [0, 0.05) is 0 Å². The Balaban J connectivity index is 2.51. The zero-order valence-corrected chi connectivity index (χ0v) is 10.1. The van der Waals surface area contributed by atoms with E-state index in [0.29, 0.717) is 0 Å². The Morgan fingerprint density at radius 2 is 2.29 bits per heavy atom. The zero-order chi connectivity index (χ0) is 12.7. The third-order valence-corrected chi connectivity index (χ3v) is 2.82. The average Bonchev–Trinajstić information content (AvgIpc) is 2.36. The third kappa shape index (κ3) is 4.08. The predicted molar refractivity (Wildman–Crippen MR) is 63.1 cm³/mol. The van der Waals surface area contributed by atoms with E-state index in [1.165, 1.54) is 7.11 Å². The van der Waals surface area contributed by atoms with E-state index in [0.717, 1.165) is 25.8 Å². The normalized spacial score (nSPS) is 20.4. The number of likely N-dealkylation sites (tertiary alicyclic amines) is 1. The summed E-state index contributed by atoms with van der Waals surface area (Å²) in [6, 6.07) is -0.301. The molecule has 17 heavy (non-hydrogen) atoms. The van der Waals surface area contributed by atoms with Crippen molar-refractivity contribution in [2.75, 3.05) is 26.7 Å². The van der Waals surface area contributed by atoms with Crippen molar-refractivity contribution >= 4 is 11.9 Å². The number of nitrogens with zero attached hydrogens (tertiary/aromatic N) is 1. The van der Waals surface area contributed by atoms with Crippen LogP contribution < -0.4 is 5.32 Å². The molecule has 0 aromatic heterocycles. The van der Waals surface area contributed by atoms with Crippen LogP contribution in [0.15, 0.2) is 0 Å². The first kappa shape index (κ1) is 13.5. The Morgan fingerprint density at radius 1 is 1.53 bits per heavy atom. The van der Waals surface area contributed by atoms with E-state index in [-0.39, 0.29) is 31.0 Å². The summed E-state index contributed by atoms with van der Waals surface area (Å²) in [4.78, 5) is 24.9. The maximum absolute atomic E-state index is 11.5. The SMILES string of the molecule is C#CCNC(=O)CN1CCCCC1C(=O)OC. The molecular formula is C12H18N2O3. The quantitative estimate of drug-likeness (QED) is 0.542. The van der Waals surface area contributed by atoms with Gasteiger partial charge in [0.25, 0.3) is 0 Å². The van der Waals surface area contributed by atoms with E-state index < -0.39 is 0 Å². The van der Waals surface area contributed by atoms with E-state index >= 15 is 0 Å². The van der Waals surface area contributed by atoms with Crippen molar-refractivity contribution in [3.8, 4) is 12.3 Å². The monoisotopic (exact) mass is 238 g/mol. The Kier molecular flexibility index (Phi) is 5.50. The van der Waals surface area contributed by atoms with Gasteiger partial charge in [0.15, 0.2) is 0 Å². The minimum absolute atomic E-state index is 0.154. The maximum atomic E-state index is 11.5. The van der Waals surface area contributed by atoms with E-state index in [1.54, 1.807) is 0 Å². The molecule has 5 nitrogen and oxygen atoms in total. The summed E-state index contributed by atoms with van der Waals surface area (Å²) >= 11 is 0. The lowest BCUT2D eigenvalue weighted by molar-refractivity contribution is -0.148. The first-order valence-corrected chi connectivity index (χ1v) is 5.71. The highest BCUT2D eigenvalue weighted by Crippen LogP contribution is 2.17. The van der Waals surface area contributed by atoms with Gasteiger partial charge in [0.1, 0.15) is 6.04 Å². The lowest BCUT2D eigenvalue weighted by Gasteiger charge is -2.32. The molecular weight excluding hydrogens is 220 g/mol. The number of piperidine rings is 1. The second-order valence-electron chi connectivity index (χ2n) is 3.99. The van der Waals surface area contributed by atoms with Crippen LogP contribution >= 0.6 is 0 Å². The Morgan fingerprint density at radius 3 is 2.94 bits per heavy atom. The van der Waals surface area contributed by atoms with Gasteiger partial charge < -0.3 is 10.1 Å². The highest BCUT2D eigenvalue weighted by atomic mass is 16.5. The van der Waals surface area contributed by atoms with Crippen molar-refractivity contribution in [2.24, 2.45) is 0 Å². The van der Waals surface area contributed by atoms with Gasteiger partial charge in [0.05, 0.1) is 20.2 Å². The molecule has 0 spiro atoms. The summed E-state index contributed by atoms with van der Waals surface area (Å²) in [5.41, 5.74) is 0. The van der Waals surface area contributed by atoms with E-state index in [4.69, 9.17) is 11.2 Å². The van der Waals surface area contributed by atoms with E-state index in [1.807, 2.05) is 4.90 Å². The standard InChI is InChI=1S/C12H18N2O3/c1-3-7-13-11(15)9-14-8-5-4-6-10(14)12(16)17-2/h1,10H,4-9H2,2H3,(H,13,15). The molecule has 0 aromatic rings. The minimum Gasteiger partial charge on any atom is -0.468 e. The second-order valence-corrected chi connectivity index (χ2v) is 3.99. The summed E-state index contributed by atoms with van der Waals surface area (Å²) in [7, 11) is 1.37. The topological polar surface area (TPSA) is 58.6 Å². The molecule has 1 rings (SSSR count). The predicted octanol–water partition coefficient (Wildman–Crippen LogP) is -0.237. The fraction of sp³-hybridized carbons (Fsp3) is 0.667. The number of amides is 1. The Bertz CT molecular complexity index is 322. The van der Waals surface area contributed by atoms with Crippen LogP contribution in [0.25, 0.3) is 0 Å². The van der Waals surface area contributed by atoms with Crippen LogP contribution in [0.1, 0.15) is 19.3 Å². The number of methoxy groups -OCH3 is 1. The molecule has 1 unspecified atom stereocenters. The van der Waals surface area contributed by atoms with Crippen LogP contribution in [-0.2, 0) is 14.3 Å². The maximum Gasteiger partial charge on any atom is 0.323 e. The molecule has 1 saturated heterocycles. The first-order chi connectivity index (χ1) is 8.19. The lowest BCUT2D eigenvalue weighted by Crippen LogP contribution is -2.49. The lowest BCUT2D eigenvalue weighted by atomic mass is 10.0. The second kappa shape index (κ2) is 6.92. The largest absolute Gasteiger partial charge is 0.468 e. The number of hydrogen-bond acceptors (Lipinski definition) is 4. The van der Waals surface area contributed by atoms with E-state index in [2.05, 4.69) is 11.2 Å². The molecule has 1 aliphatic rings. The molecule has 1 aliphatic heterocycles. The van der Waals surface area contributed by atoms with Crippen molar-refractivity contribution in [3.05, 3.63) is 0 Å². The van der Waals surface area contributed by atoms with Gasteiger partial charge in [-0.25, -0.2) is 0 Å². The molecule has 0 saturated carbocycles. The van der Waals surface area contributed by atoms with Gasteiger partial charge >= 0.3 is 5.97 Å². The van der Waals surface area contributed by atoms with Crippen LogP contribution in [0.5, 0.6) is 0 Å². The van der Waals surface area contributed by atoms with Crippen LogP contribution in [0.3, 0.4) is 0 Å². The van der Waals surface area contributed by atoms with Gasteiger partial charge in [-0.05, 0) is 19.4 Å². The highest BCUT2D eigenvalue weighted by molar-refractivity contribution is 5.80. The van der Waals surface area contributed by atoms with Gasteiger partial charge in [-0.1, -0.05) is 12.3 Å². The van der Waals surface area contributed by atoms with Crippen molar-refractivity contribution in [3.63, 3.8) is 0 Å². The number of carbonyl (C=O) groups excluding carboxylic acids is 2. The molecule has 0 radical (unpaired) electrons. The number of carbonyl (C=O) groups is 2. The summed E-state index contributed by atoms with van der Waals surface area (Å²) < 4.78 is 4.74. The molecule has 0 bridgehead atoms. The van der Waals surface area contributed by atoms with Gasteiger partial charge in [0.2, 0.25) is 5.91 Å². The molecule has 1 fully saturated rings. The zero-order valence-electron chi connectivity index (χ0n) is 10.1. The number of ether oxygens (including phenoxy) is 1. The fourth-order valence-corrected chi connectivity index (χ4v) is 1.97. The smallest absolute Gasteiger partial charge is 0.323 e. The van der Waals surface area contributed by atoms with Crippen LogP contribution in [-0.4, -0.2) is 49.6 Å². The van der Waals surface area contributed by atoms with Gasteiger partial charge in [-0.15, -0.1) is 6.42 Å². The Hall–Kier alpha value is -1.54. The van der Waals surface area contributed by atoms with Crippen LogP contribution in [0, 0.1) is 12.3 Å². The van der Waals surface area contributed by atoms with Gasteiger partial charge in [-0.3, -0.25) is 14.5 Å². The van der Waals surface area contributed by atoms with Crippen molar-refractivity contribution in [2.45, 2.75) is 25.3 Å². The molecule has 1 amide bonds. The summed E-state index contributed by atoms with van der Waals surface area (Å²) in [6.07, 6.45) is 7.78. The average molecular weight is 238 g/mol. The first-order valence-electron chi connectivity index (χ1n) is 5.71. The molecule has 0 aromatic carbocycles. The third-order valence-electron chi connectivity index (χ3n) is 2.82. The Labute approximate surface area is 101 Å². The van der Waals surface area contributed by atoms with Crippen molar-refractivity contribution in [1.82, 2.24) is 10.2 Å². The molecule has 0 aliphatic carbocycles. The van der Waals surface area contributed by atoms with E-state index in [9.17, 15) is 9.59 Å². The summed E-state index contributed by atoms with van der Waals surface area (Å²) in [5.74, 6) is 1.92.